The van der Waals surface area contributed by atoms with Crippen LogP contribution in [-0.2, 0) is 14.0 Å². The van der Waals surface area contributed by atoms with Crippen molar-refractivity contribution in [1.82, 2.24) is 0 Å². The van der Waals surface area contributed by atoms with Gasteiger partial charge in [-0.15, -0.1) is 0 Å². The van der Waals surface area contributed by atoms with E-state index in [1.165, 1.54) is 0 Å². The molecule has 6 heteroatoms. The summed E-state index contributed by atoms with van der Waals surface area (Å²) >= 11 is 0. The molecule has 0 aliphatic rings. The first-order valence-electron chi connectivity index (χ1n) is 11.2. The maximum Gasteiger partial charge on any atom is 0.311 e. The maximum absolute atomic E-state index is 12.1. The summed E-state index contributed by atoms with van der Waals surface area (Å²) in [5.74, 6) is 0.346. The number of benzene rings is 1. The molecule has 0 spiro atoms. The summed E-state index contributed by atoms with van der Waals surface area (Å²) in [6.45, 7) is 19.0. The lowest BCUT2D eigenvalue weighted by atomic mass is 9.90. The van der Waals surface area contributed by atoms with E-state index in [1.807, 2.05) is 45.9 Å². The van der Waals surface area contributed by atoms with Crippen molar-refractivity contribution in [3.05, 3.63) is 29.3 Å². The average molecular weight is 453 g/mol. The molecule has 0 heterocycles. The van der Waals surface area contributed by atoms with Gasteiger partial charge in [0.2, 0.25) is 0 Å². The highest BCUT2D eigenvalue weighted by Gasteiger charge is 2.41. The Morgan fingerprint density at radius 3 is 2.23 bits per heavy atom. The van der Waals surface area contributed by atoms with Crippen LogP contribution in [0.1, 0.15) is 71.4 Å². The molecule has 178 valence electrons. The highest BCUT2D eigenvalue weighted by molar-refractivity contribution is 6.74. The quantitative estimate of drug-likeness (QED) is 0.274. The van der Waals surface area contributed by atoms with E-state index in [1.54, 1.807) is 7.11 Å². The van der Waals surface area contributed by atoms with Crippen LogP contribution < -0.4 is 4.74 Å². The van der Waals surface area contributed by atoms with E-state index >= 15 is 0 Å². The van der Waals surface area contributed by atoms with Gasteiger partial charge in [-0.3, -0.25) is 4.79 Å². The van der Waals surface area contributed by atoms with Gasteiger partial charge in [0.05, 0.1) is 31.8 Å². The number of carbonyl (C=O) groups is 1. The molecular formula is C25H44O5Si. The molecule has 2 atom stereocenters. The SMILES string of the molecule is COc1cc(C)ccc1[C@@H](CO)[C@H](CCCOC(=O)C(C)(C)C)O[Si](C)(C)C(C)(C)C. The molecule has 1 N–H and O–H groups in total. The zero-order chi connectivity index (χ0) is 24.0. The van der Waals surface area contributed by atoms with Gasteiger partial charge in [0, 0.05) is 11.5 Å². The fourth-order valence-electron chi connectivity index (χ4n) is 3.10. The van der Waals surface area contributed by atoms with Crippen molar-refractivity contribution < 1.29 is 23.8 Å². The number of rotatable bonds is 10. The molecule has 0 fully saturated rings. The van der Waals surface area contributed by atoms with E-state index in [2.05, 4.69) is 33.9 Å². The molecule has 0 aromatic heterocycles. The van der Waals surface area contributed by atoms with Crippen molar-refractivity contribution in [3.8, 4) is 5.75 Å². The van der Waals surface area contributed by atoms with E-state index < -0.39 is 13.7 Å². The highest BCUT2D eigenvalue weighted by Crippen LogP contribution is 2.41. The Labute approximate surface area is 190 Å². The van der Waals surface area contributed by atoms with Crippen LogP contribution in [-0.4, -0.2) is 45.8 Å². The molecule has 5 nitrogen and oxygen atoms in total. The fourth-order valence-corrected chi connectivity index (χ4v) is 4.50. The third kappa shape index (κ3) is 7.92. The number of carbonyl (C=O) groups excluding carboxylic acids is 1. The molecule has 0 unspecified atom stereocenters. The first-order chi connectivity index (χ1) is 14.1. The van der Waals surface area contributed by atoms with E-state index in [4.69, 9.17) is 13.9 Å². The van der Waals surface area contributed by atoms with E-state index in [0.29, 0.717) is 19.4 Å². The summed E-state index contributed by atoms with van der Waals surface area (Å²) in [6, 6.07) is 6.05. The second kappa shape index (κ2) is 11.0. The first kappa shape index (κ1) is 27.7. The van der Waals surface area contributed by atoms with Crippen molar-refractivity contribution in [2.24, 2.45) is 5.41 Å². The molecule has 0 amide bonds. The third-order valence-corrected chi connectivity index (χ3v) is 10.7. The molecule has 0 aliphatic carbocycles. The molecule has 1 aromatic rings. The smallest absolute Gasteiger partial charge is 0.311 e. The normalized spacial score (nSPS) is 14.8. The number of aliphatic hydroxyl groups excluding tert-OH is 1. The van der Waals surface area contributed by atoms with Gasteiger partial charge in [-0.2, -0.15) is 0 Å². The zero-order valence-corrected chi connectivity index (χ0v) is 22.3. The van der Waals surface area contributed by atoms with Gasteiger partial charge < -0.3 is 19.0 Å². The van der Waals surface area contributed by atoms with E-state index in [-0.39, 0.29) is 29.6 Å². The zero-order valence-electron chi connectivity index (χ0n) is 21.3. The molecule has 0 aliphatic heterocycles. The molecule has 1 aromatic carbocycles. The van der Waals surface area contributed by atoms with Crippen LogP contribution in [0.15, 0.2) is 18.2 Å². The van der Waals surface area contributed by atoms with Crippen LogP contribution in [0.2, 0.25) is 18.1 Å². The van der Waals surface area contributed by atoms with Crippen molar-refractivity contribution in [3.63, 3.8) is 0 Å². The van der Waals surface area contributed by atoms with Gasteiger partial charge in [-0.1, -0.05) is 32.9 Å². The second-order valence-electron chi connectivity index (χ2n) is 11.0. The Bertz CT molecular complexity index is 716. The molecule has 1 rings (SSSR count). The van der Waals surface area contributed by atoms with Crippen LogP contribution in [0, 0.1) is 12.3 Å². The van der Waals surface area contributed by atoms with Crippen molar-refractivity contribution in [2.45, 2.75) is 91.5 Å². The Morgan fingerprint density at radius 1 is 1.13 bits per heavy atom. The van der Waals surface area contributed by atoms with Gasteiger partial charge in [0.25, 0.3) is 0 Å². The minimum absolute atomic E-state index is 0.0412. The Balaban J connectivity index is 3.12. The predicted molar refractivity (Wildman–Crippen MR) is 129 cm³/mol. The lowest BCUT2D eigenvalue weighted by Gasteiger charge is -2.41. The van der Waals surface area contributed by atoms with E-state index in [0.717, 1.165) is 16.9 Å². The van der Waals surface area contributed by atoms with Crippen molar-refractivity contribution in [1.29, 1.82) is 0 Å². The largest absolute Gasteiger partial charge is 0.496 e. The average Bonchev–Trinajstić information content (AvgIpc) is 2.64. The third-order valence-electron chi connectivity index (χ3n) is 6.16. The second-order valence-corrected chi connectivity index (χ2v) is 15.7. The van der Waals surface area contributed by atoms with Crippen LogP contribution in [0.3, 0.4) is 0 Å². The summed E-state index contributed by atoms with van der Waals surface area (Å²) in [5.41, 5.74) is 1.54. The summed E-state index contributed by atoms with van der Waals surface area (Å²) in [4.78, 5) is 12.1. The summed E-state index contributed by atoms with van der Waals surface area (Å²) in [6.07, 6.45) is 1.16. The minimum Gasteiger partial charge on any atom is -0.496 e. The van der Waals surface area contributed by atoms with Crippen LogP contribution in [0.5, 0.6) is 5.75 Å². The summed E-state index contributed by atoms with van der Waals surface area (Å²) in [5, 5.41) is 10.4. The maximum atomic E-state index is 12.1. The number of aryl methyl sites for hydroxylation is 1. The number of aliphatic hydroxyl groups is 1. The van der Waals surface area contributed by atoms with E-state index in [9.17, 15) is 9.90 Å². The van der Waals surface area contributed by atoms with Crippen LogP contribution >= 0.6 is 0 Å². The fraction of sp³-hybridized carbons (Fsp3) is 0.720. The van der Waals surface area contributed by atoms with Crippen LogP contribution in [0.4, 0.5) is 0 Å². The standard InChI is InChI=1S/C25H44O5Si/c1-18-13-14-19(22(16-18)28-8)20(17-26)21(30-31(9,10)25(5,6)7)12-11-15-29-23(27)24(2,3)4/h13-14,16,20-21,26H,11-12,15,17H2,1-10H3/t20-,21+/m1/s1. The van der Waals surface area contributed by atoms with Crippen molar-refractivity contribution in [2.75, 3.05) is 20.3 Å². The number of hydrogen-bond acceptors (Lipinski definition) is 5. The van der Waals surface area contributed by atoms with Gasteiger partial charge in [0.15, 0.2) is 8.32 Å². The number of hydrogen-bond donors (Lipinski definition) is 1. The topological polar surface area (TPSA) is 65.0 Å². The molecule has 0 radical (unpaired) electrons. The van der Waals surface area contributed by atoms with Gasteiger partial charge in [0.1, 0.15) is 5.75 Å². The number of esters is 1. The molecule has 0 saturated heterocycles. The highest BCUT2D eigenvalue weighted by atomic mass is 28.4. The molecular weight excluding hydrogens is 408 g/mol. The lowest BCUT2D eigenvalue weighted by molar-refractivity contribution is -0.153. The monoisotopic (exact) mass is 452 g/mol. The Morgan fingerprint density at radius 2 is 1.74 bits per heavy atom. The Kier molecular flexibility index (Phi) is 9.79. The number of methoxy groups -OCH3 is 1. The van der Waals surface area contributed by atoms with Gasteiger partial charge in [-0.25, -0.2) is 0 Å². The predicted octanol–water partition coefficient (Wildman–Crippen LogP) is 5.84. The Hall–Kier alpha value is -1.37. The minimum atomic E-state index is -2.09. The van der Waals surface area contributed by atoms with Gasteiger partial charge >= 0.3 is 5.97 Å². The van der Waals surface area contributed by atoms with Crippen LogP contribution in [0.25, 0.3) is 0 Å². The molecule has 31 heavy (non-hydrogen) atoms. The lowest BCUT2D eigenvalue weighted by Crippen LogP contribution is -2.46. The summed E-state index contributed by atoms with van der Waals surface area (Å²) in [7, 11) is -0.435. The molecule has 0 saturated carbocycles. The van der Waals surface area contributed by atoms with Gasteiger partial charge in [-0.05, 0) is 70.3 Å². The summed E-state index contributed by atoms with van der Waals surface area (Å²) < 4.78 is 17.9. The number of ether oxygens (including phenoxy) is 2. The van der Waals surface area contributed by atoms with Crippen molar-refractivity contribution >= 4 is 14.3 Å². The molecule has 0 bridgehead atoms. The first-order valence-corrected chi connectivity index (χ1v) is 14.2.